The standard InChI is InChI=1S/C16H28N2S2.C4H10.C3H8/c1-4-5-6-7-8-9-10-17(2)11-12-18(3)14-13-15(19)16(14)20;1-3-4-2;1-3-2/h13H,4-12H2,1-3H3;3-4H2,1-2H3;3H2,1-2H3. The normalized spacial score (nSPS) is 10.2. The van der Waals surface area contributed by atoms with Crippen LogP contribution >= 0.6 is 24.4 Å². The van der Waals surface area contributed by atoms with Gasteiger partial charge in [-0.25, -0.2) is 0 Å². The van der Waals surface area contributed by atoms with E-state index in [2.05, 4.69) is 58.5 Å². The van der Waals surface area contributed by atoms with Crippen LogP contribution in [0.15, 0.2) is 6.07 Å². The lowest BCUT2D eigenvalue weighted by atomic mass is 10.1. The Hall–Kier alpha value is -0.320. The van der Waals surface area contributed by atoms with Gasteiger partial charge in [-0.1, -0.05) is 110 Å². The topological polar surface area (TPSA) is 6.48 Å². The Morgan fingerprint density at radius 2 is 1.22 bits per heavy atom. The molecule has 4 heteroatoms. The summed E-state index contributed by atoms with van der Waals surface area (Å²) in [7, 11) is 4.30. The minimum Gasteiger partial charge on any atom is -0.372 e. The third-order valence-corrected chi connectivity index (χ3v) is 5.23. The lowest BCUT2D eigenvalue weighted by Crippen LogP contribution is -2.31. The number of hydrogen-bond acceptors (Lipinski definition) is 4. The van der Waals surface area contributed by atoms with Crippen LogP contribution in [-0.4, -0.2) is 38.6 Å². The van der Waals surface area contributed by atoms with Gasteiger partial charge in [0.05, 0.1) is 14.7 Å². The van der Waals surface area contributed by atoms with Gasteiger partial charge >= 0.3 is 0 Å². The Bertz CT molecular complexity index is 490. The summed E-state index contributed by atoms with van der Waals surface area (Å²) in [6.07, 6.45) is 12.1. The largest absolute Gasteiger partial charge is 0.372 e. The Kier molecular flexibility index (Phi) is 21.8. The quantitative estimate of drug-likeness (QED) is 0.252. The summed E-state index contributed by atoms with van der Waals surface area (Å²) in [4.78, 5) is 4.63. The molecular weight excluding hydrogens is 368 g/mol. The molecule has 0 spiro atoms. The van der Waals surface area contributed by atoms with Crippen LogP contribution < -0.4 is 4.90 Å². The fraction of sp³-hybridized carbons (Fsp3) is 0.826. The number of rotatable bonds is 12. The Morgan fingerprint density at radius 1 is 0.704 bits per heavy atom. The second kappa shape index (κ2) is 20.4. The van der Waals surface area contributed by atoms with E-state index < -0.39 is 0 Å². The van der Waals surface area contributed by atoms with Gasteiger partial charge in [-0.05, 0) is 26.1 Å². The average Bonchev–Trinajstić information content (AvgIpc) is 2.67. The van der Waals surface area contributed by atoms with Crippen LogP contribution in [0.5, 0.6) is 0 Å². The first kappa shape index (κ1) is 28.9. The molecule has 1 aromatic carbocycles. The molecule has 1 rings (SSSR count). The molecule has 0 heterocycles. The predicted molar refractivity (Wildman–Crippen MR) is 131 cm³/mol. The predicted octanol–water partition coefficient (Wildman–Crippen LogP) is 7.97. The van der Waals surface area contributed by atoms with Crippen molar-refractivity contribution in [1.29, 1.82) is 0 Å². The summed E-state index contributed by atoms with van der Waals surface area (Å²) in [6.45, 7) is 14.2. The maximum Gasteiger partial charge on any atom is 0.0792 e. The van der Waals surface area contributed by atoms with Gasteiger partial charge in [0.25, 0.3) is 0 Å². The number of anilines is 1. The van der Waals surface area contributed by atoms with Gasteiger partial charge in [0.15, 0.2) is 0 Å². The number of nitrogens with zero attached hydrogens (tertiary/aromatic N) is 2. The van der Waals surface area contributed by atoms with Crippen LogP contribution in [0.3, 0.4) is 0 Å². The molecule has 0 radical (unpaired) electrons. The maximum atomic E-state index is 5.24. The molecule has 27 heavy (non-hydrogen) atoms. The van der Waals surface area contributed by atoms with Crippen molar-refractivity contribution < 1.29 is 0 Å². The van der Waals surface area contributed by atoms with Crippen molar-refractivity contribution in [3.63, 3.8) is 0 Å². The first-order valence-electron chi connectivity index (χ1n) is 11.1. The Balaban J connectivity index is 0. The lowest BCUT2D eigenvalue weighted by molar-refractivity contribution is 0.330. The smallest absolute Gasteiger partial charge is 0.0792 e. The first-order chi connectivity index (χ1) is 12.9. The SMILES string of the molecule is CCC.CCCC.CCCCCCCCN(C)CCN(C)c1cc(=S)c1=S. The van der Waals surface area contributed by atoms with Crippen LogP contribution in [0, 0.1) is 9.02 Å². The van der Waals surface area contributed by atoms with Crippen LogP contribution in [0.25, 0.3) is 0 Å². The Labute approximate surface area is 181 Å². The highest BCUT2D eigenvalue weighted by Gasteiger charge is 2.09. The molecule has 0 aliphatic rings. The molecule has 0 N–H and O–H groups in total. The highest BCUT2D eigenvalue weighted by molar-refractivity contribution is 7.74. The van der Waals surface area contributed by atoms with Crippen molar-refractivity contribution in [1.82, 2.24) is 4.90 Å². The molecule has 0 unspecified atom stereocenters. The van der Waals surface area contributed by atoms with E-state index in [1.165, 1.54) is 64.3 Å². The zero-order chi connectivity index (χ0) is 21.1. The van der Waals surface area contributed by atoms with Gasteiger partial charge in [-0.3, -0.25) is 0 Å². The van der Waals surface area contributed by atoms with Crippen LogP contribution in [0.1, 0.15) is 92.4 Å². The molecule has 160 valence electrons. The summed E-state index contributed by atoms with van der Waals surface area (Å²) >= 11 is 10.3. The highest BCUT2D eigenvalue weighted by Crippen LogP contribution is 2.21. The van der Waals surface area contributed by atoms with E-state index in [-0.39, 0.29) is 0 Å². The second-order valence-corrected chi connectivity index (χ2v) is 8.27. The van der Waals surface area contributed by atoms with Gasteiger partial charge in [0.1, 0.15) is 0 Å². The van der Waals surface area contributed by atoms with E-state index in [1.54, 1.807) is 0 Å². The minimum absolute atomic E-state index is 0.835. The molecule has 0 aliphatic carbocycles. The van der Waals surface area contributed by atoms with Gasteiger partial charge < -0.3 is 9.80 Å². The molecule has 0 saturated carbocycles. The highest BCUT2D eigenvalue weighted by atomic mass is 32.1. The zero-order valence-corrected chi connectivity index (χ0v) is 20.9. The molecule has 0 aromatic heterocycles. The number of likely N-dealkylation sites (N-methyl/N-ethyl adjacent to an activating group) is 2. The number of hydrogen-bond donors (Lipinski definition) is 0. The van der Waals surface area contributed by atoms with Crippen LogP contribution in [0.2, 0.25) is 0 Å². The lowest BCUT2D eigenvalue weighted by Gasteiger charge is -2.24. The third-order valence-electron chi connectivity index (χ3n) is 4.35. The van der Waals surface area contributed by atoms with Gasteiger partial charge in [0, 0.05) is 20.1 Å². The van der Waals surface area contributed by atoms with E-state index in [4.69, 9.17) is 24.4 Å². The zero-order valence-electron chi connectivity index (χ0n) is 19.3. The Morgan fingerprint density at radius 3 is 1.67 bits per heavy atom. The van der Waals surface area contributed by atoms with Crippen molar-refractivity contribution >= 4 is 30.1 Å². The summed E-state index contributed by atoms with van der Waals surface area (Å²) in [5.74, 6) is 0. The summed E-state index contributed by atoms with van der Waals surface area (Å²) < 4.78 is 1.70. The average molecular weight is 415 g/mol. The second-order valence-electron chi connectivity index (χ2n) is 7.42. The van der Waals surface area contributed by atoms with E-state index in [9.17, 15) is 0 Å². The molecular formula is C23H46N2S2. The van der Waals surface area contributed by atoms with E-state index in [0.29, 0.717) is 0 Å². The van der Waals surface area contributed by atoms with Crippen molar-refractivity contribution in [2.24, 2.45) is 0 Å². The summed E-state index contributed by atoms with van der Waals surface area (Å²) in [5, 5.41) is 0. The van der Waals surface area contributed by atoms with Crippen molar-refractivity contribution in [3.8, 4) is 0 Å². The molecule has 0 amide bonds. The van der Waals surface area contributed by atoms with Crippen molar-refractivity contribution in [3.05, 3.63) is 15.1 Å². The summed E-state index contributed by atoms with van der Waals surface area (Å²) in [5.41, 5.74) is 1.14. The van der Waals surface area contributed by atoms with Gasteiger partial charge in [0.2, 0.25) is 0 Å². The summed E-state index contributed by atoms with van der Waals surface area (Å²) in [6, 6.07) is 2.01. The van der Waals surface area contributed by atoms with Crippen LogP contribution in [0.4, 0.5) is 5.69 Å². The molecule has 2 nitrogen and oxygen atoms in total. The van der Waals surface area contributed by atoms with Crippen LogP contribution in [-0.2, 0) is 0 Å². The van der Waals surface area contributed by atoms with E-state index >= 15 is 0 Å². The molecule has 0 fully saturated rings. The van der Waals surface area contributed by atoms with E-state index in [1.807, 2.05) is 6.07 Å². The van der Waals surface area contributed by atoms with E-state index in [0.717, 1.165) is 27.8 Å². The maximum absolute atomic E-state index is 5.24. The minimum atomic E-state index is 0.835. The van der Waals surface area contributed by atoms with Crippen molar-refractivity contribution in [2.75, 3.05) is 38.6 Å². The van der Waals surface area contributed by atoms with Crippen molar-refractivity contribution in [2.45, 2.75) is 92.4 Å². The fourth-order valence-corrected chi connectivity index (χ4v) is 2.79. The molecule has 1 aromatic rings. The molecule has 0 bridgehead atoms. The first-order valence-corrected chi connectivity index (χ1v) is 11.9. The van der Waals surface area contributed by atoms with Gasteiger partial charge in [-0.15, -0.1) is 0 Å². The monoisotopic (exact) mass is 414 g/mol. The molecule has 0 saturated heterocycles. The third kappa shape index (κ3) is 16.3. The fourth-order valence-electron chi connectivity index (χ4n) is 2.30. The molecule has 0 atom stereocenters. The van der Waals surface area contributed by atoms with Gasteiger partial charge in [-0.2, -0.15) is 0 Å². The molecule has 0 aliphatic heterocycles. The number of unbranched alkanes of at least 4 members (excludes halogenated alkanes) is 6.